The third-order valence-electron chi connectivity index (χ3n) is 4.14. The Bertz CT molecular complexity index is 787. The molecule has 0 unspecified atom stereocenters. The molecule has 0 bridgehead atoms. The second-order valence-corrected chi connectivity index (χ2v) is 6.26. The molecule has 0 saturated carbocycles. The Labute approximate surface area is 138 Å². The number of halogens is 1. The quantitative estimate of drug-likeness (QED) is 0.916. The monoisotopic (exact) mass is 333 g/mol. The fourth-order valence-electron chi connectivity index (χ4n) is 3.07. The Morgan fingerprint density at radius 1 is 1.43 bits per heavy atom. The van der Waals surface area contributed by atoms with Crippen LogP contribution in [0.3, 0.4) is 0 Å². The molecule has 7 heteroatoms. The van der Waals surface area contributed by atoms with Crippen molar-refractivity contribution in [2.75, 3.05) is 6.79 Å². The summed E-state index contributed by atoms with van der Waals surface area (Å²) < 4.78 is 12.7. The highest BCUT2D eigenvalue weighted by molar-refractivity contribution is 6.32. The first kappa shape index (κ1) is 14.4. The number of rotatable bonds is 2. The number of hydrogen-bond donors (Lipinski definition) is 1. The Hall–Kier alpha value is -2.21. The molecule has 3 heterocycles. The molecule has 23 heavy (non-hydrogen) atoms. The summed E-state index contributed by atoms with van der Waals surface area (Å²) >= 11 is 6.13. The molecule has 6 nitrogen and oxygen atoms in total. The number of carbonyl (C=O) groups excluding carboxylic acids is 1. The van der Waals surface area contributed by atoms with Crippen molar-refractivity contribution < 1.29 is 14.3 Å². The maximum Gasteiger partial charge on any atom is 0.251 e. The number of ether oxygens (including phenoxy) is 2. The van der Waals surface area contributed by atoms with Crippen LogP contribution in [0.2, 0.25) is 5.02 Å². The van der Waals surface area contributed by atoms with Crippen molar-refractivity contribution in [2.45, 2.75) is 32.4 Å². The summed E-state index contributed by atoms with van der Waals surface area (Å²) in [5.74, 6) is 1.94. The molecule has 4 rings (SSSR count). The summed E-state index contributed by atoms with van der Waals surface area (Å²) in [4.78, 5) is 17.0. The second-order valence-electron chi connectivity index (χ2n) is 5.85. The number of nitrogens with zero attached hydrogens (tertiary/aromatic N) is 2. The van der Waals surface area contributed by atoms with Gasteiger partial charge in [-0.2, -0.15) is 0 Å². The maximum atomic E-state index is 12.5. The first-order valence-corrected chi connectivity index (χ1v) is 7.90. The number of amides is 1. The topological polar surface area (TPSA) is 65.4 Å². The molecule has 0 radical (unpaired) electrons. The lowest BCUT2D eigenvalue weighted by atomic mass is 10.1. The van der Waals surface area contributed by atoms with Gasteiger partial charge < -0.3 is 19.4 Å². The van der Waals surface area contributed by atoms with Crippen LogP contribution in [0.25, 0.3) is 0 Å². The molecular weight excluding hydrogens is 318 g/mol. The summed E-state index contributed by atoms with van der Waals surface area (Å²) in [6, 6.07) is 3.35. The minimum Gasteiger partial charge on any atom is -0.454 e. The minimum absolute atomic E-state index is 0.0767. The van der Waals surface area contributed by atoms with E-state index in [4.69, 9.17) is 21.1 Å². The van der Waals surface area contributed by atoms with Gasteiger partial charge in [-0.25, -0.2) is 4.98 Å². The van der Waals surface area contributed by atoms with Gasteiger partial charge in [0, 0.05) is 30.8 Å². The van der Waals surface area contributed by atoms with Crippen molar-refractivity contribution in [3.8, 4) is 11.5 Å². The van der Waals surface area contributed by atoms with Crippen molar-refractivity contribution >= 4 is 17.5 Å². The fraction of sp³-hybridized carbons (Fsp3) is 0.375. The van der Waals surface area contributed by atoms with E-state index in [2.05, 4.69) is 14.9 Å². The van der Waals surface area contributed by atoms with Crippen LogP contribution in [0, 0.1) is 6.92 Å². The molecule has 1 aromatic carbocycles. The molecule has 120 valence electrons. The van der Waals surface area contributed by atoms with E-state index < -0.39 is 0 Å². The van der Waals surface area contributed by atoms with Crippen molar-refractivity contribution in [3.05, 3.63) is 40.4 Å². The van der Waals surface area contributed by atoms with E-state index in [-0.39, 0.29) is 18.7 Å². The van der Waals surface area contributed by atoms with E-state index >= 15 is 0 Å². The predicted octanol–water partition coefficient (Wildman–Crippen LogP) is 2.32. The van der Waals surface area contributed by atoms with E-state index in [9.17, 15) is 4.79 Å². The molecule has 2 aliphatic rings. The van der Waals surface area contributed by atoms with Crippen LogP contribution in [0.1, 0.15) is 28.3 Å². The predicted molar refractivity (Wildman–Crippen MR) is 84.1 cm³/mol. The first-order valence-electron chi connectivity index (χ1n) is 7.53. The van der Waals surface area contributed by atoms with Crippen molar-refractivity contribution in [1.29, 1.82) is 0 Å². The largest absolute Gasteiger partial charge is 0.454 e. The normalized spacial score (nSPS) is 18.6. The van der Waals surface area contributed by atoms with Gasteiger partial charge >= 0.3 is 0 Å². The highest BCUT2D eigenvalue weighted by atomic mass is 35.5. The molecule has 2 aromatic rings. The standard InChI is InChI=1S/C16H16ClN3O3/c1-9-6-20-7-11(2-3-14(20)18-9)19-16(21)10-4-12(17)15-13(5-10)22-8-23-15/h4-6,11H,2-3,7-8H2,1H3,(H,19,21)/t11-/m0/s1. The lowest BCUT2D eigenvalue weighted by Gasteiger charge is -2.24. The van der Waals surface area contributed by atoms with Crippen LogP contribution in [-0.4, -0.2) is 28.3 Å². The highest BCUT2D eigenvalue weighted by Crippen LogP contribution is 2.39. The molecule has 0 fully saturated rings. The van der Waals surface area contributed by atoms with Gasteiger partial charge in [-0.3, -0.25) is 4.79 Å². The Balaban J connectivity index is 1.50. The van der Waals surface area contributed by atoms with Crippen LogP contribution in [0.4, 0.5) is 0 Å². The average molecular weight is 334 g/mol. The van der Waals surface area contributed by atoms with Crippen molar-refractivity contribution in [1.82, 2.24) is 14.9 Å². The van der Waals surface area contributed by atoms with E-state index in [1.165, 1.54) is 0 Å². The summed E-state index contributed by atoms with van der Waals surface area (Å²) in [5.41, 5.74) is 1.49. The lowest BCUT2D eigenvalue weighted by Crippen LogP contribution is -2.40. The van der Waals surface area contributed by atoms with Crippen molar-refractivity contribution in [3.63, 3.8) is 0 Å². The maximum absolute atomic E-state index is 12.5. The molecule has 0 spiro atoms. The van der Waals surface area contributed by atoms with Gasteiger partial charge in [-0.15, -0.1) is 0 Å². The van der Waals surface area contributed by atoms with Gasteiger partial charge in [0.05, 0.1) is 10.7 Å². The van der Waals surface area contributed by atoms with Gasteiger partial charge in [-0.1, -0.05) is 11.6 Å². The van der Waals surface area contributed by atoms with Crippen LogP contribution in [-0.2, 0) is 13.0 Å². The van der Waals surface area contributed by atoms with Gasteiger partial charge in [-0.05, 0) is 25.5 Å². The first-order chi connectivity index (χ1) is 11.1. The number of hydrogen-bond acceptors (Lipinski definition) is 4. The van der Waals surface area contributed by atoms with Crippen LogP contribution < -0.4 is 14.8 Å². The highest BCUT2D eigenvalue weighted by Gasteiger charge is 2.24. The molecule has 1 aromatic heterocycles. The molecule has 0 aliphatic carbocycles. The smallest absolute Gasteiger partial charge is 0.251 e. The number of aromatic nitrogens is 2. The molecule has 1 atom stereocenters. The number of nitrogens with one attached hydrogen (secondary N) is 1. The second kappa shape index (κ2) is 5.45. The van der Waals surface area contributed by atoms with E-state index in [0.717, 1.165) is 30.9 Å². The van der Waals surface area contributed by atoms with Crippen molar-refractivity contribution in [2.24, 2.45) is 0 Å². The average Bonchev–Trinajstić information content (AvgIpc) is 3.12. The number of aryl methyl sites for hydroxylation is 2. The Morgan fingerprint density at radius 2 is 2.30 bits per heavy atom. The third-order valence-corrected chi connectivity index (χ3v) is 4.42. The number of fused-ring (bicyclic) bond motifs is 2. The SMILES string of the molecule is Cc1cn2c(n1)CC[C@H](NC(=O)c1cc(Cl)c3c(c1)OCO3)C2. The van der Waals surface area contributed by atoms with Crippen LogP contribution in [0.15, 0.2) is 18.3 Å². The number of imidazole rings is 1. The lowest BCUT2D eigenvalue weighted by molar-refractivity contribution is 0.0927. The summed E-state index contributed by atoms with van der Waals surface area (Å²) in [6.45, 7) is 2.85. The van der Waals surface area contributed by atoms with Gasteiger partial charge in [0.25, 0.3) is 5.91 Å². The third kappa shape index (κ3) is 2.63. The Morgan fingerprint density at radius 3 is 3.17 bits per heavy atom. The number of benzene rings is 1. The minimum atomic E-state index is -0.157. The molecular formula is C16H16ClN3O3. The summed E-state index contributed by atoms with van der Waals surface area (Å²) in [5, 5.41) is 3.45. The van der Waals surface area contributed by atoms with E-state index in [1.807, 2.05) is 13.1 Å². The zero-order valence-electron chi connectivity index (χ0n) is 12.6. The van der Waals surface area contributed by atoms with Crippen LogP contribution >= 0.6 is 11.6 Å². The molecule has 1 amide bonds. The van der Waals surface area contributed by atoms with Gasteiger partial charge in [0.1, 0.15) is 5.82 Å². The molecule has 0 saturated heterocycles. The number of carbonyl (C=O) groups is 1. The van der Waals surface area contributed by atoms with E-state index in [1.54, 1.807) is 12.1 Å². The van der Waals surface area contributed by atoms with Gasteiger partial charge in [0.15, 0.2) is 11.5 Å². The summed E-state index contributed by atoms with van der Waals surface area (Å²) in [7, 11) is 0. The zero-order chi connectivity index (χ0) is 16.0. The molecule has 2 aliphatic heterocycles. The van der Waals surface area contributed by atoms with Gasteiger partial charge in [0.2, 0.25) is 6.79 Å². The fourth-order valence-corrected chi connectivity index (χ4v) is 3.34. The zero-order valence-corrected chi connectivity index (χ0v) is 13.4. The Kier molecular flexibility index (Phi) is 3.41. The summed E-state index contributed by atoms with van der Waals surface area (Å²) in [6.07, 6.45) is 3.76. The van der Waals surface area contributed by atoms with E-state index in [0.29, 0.717) is 22.1 Å². The van der Waals surface area contributed by atoms with Crippen LogP contribution in [0.5, 0.6) is 11.5 Å². The molecule has 1 N–H and O–H groups in total.